The molecule has 0 unspecified atom stereocenters. The first-order valence-electron chi connectivity index (χ1n) is 9.13. The van der Waals surface area contributed by atoms with Gasteiger partial charge in [-0.25, -0.2) is 9.79 Å². The summed E-state index contributed by atoms with van der Waals surface area (Å²) in [5.41, 5.74) is 2.03. The number of aliphatic imine (C=N–C) groups is 1. The SMILES string of the molecule is O=C1OC(c2cccc([N+](=O)[O-])c2)=N/C1=C/c1ccccc1OCc1ccccc1. The number of cyclic esters (lactones) is 1. The van der Waals surface area contributed by atoms with Crippen molar-refractivity contribution in [2.45, 2.75) is 6.61 Å². The van der Waals surface area contributed by atoms with Crippen LogP contribution in [0.2, 0.25) is 0 Å². The number of benzene rings is 3. The van der Waals surface area contributed by atoms with Gasteiger partial charge in [-0.05, 0) is 23.8 Å². The first-order valence-corrected chi connectivity index (χ1v) is 9.13. The smallest absolute Gasteiger partial charge is 0.363 e. The standard InChI is InChI=1S/C23H16N2O5/c26-23-20(24-22(30-23)18-10-6-11-19(13-18)25(27)28)14-17-9-4-5-12-21(17)29-15-16-7-2-1-3-8-16/h1-14H,15H2/b20-14+. The number of ether oxygens (including phenoxy) is 2. The largest absolute Gasteiger partial charge is 0.488 e. The van der Waals surface area contributed by atoms with Gasteiger partial charge in [-0.1, -0.05) is 54.6 Å². The topological polar surface area (TPSA) is 91.0 Å². The third-order valence-corrected chi connectivity index (χ3v) is 4.37. The van der Waals surface area contributed by atoms with Gasteiger partial charge in [-0.2, -0.15) is 0 Å². The van der Waals surface area contributed by atoms with Crippen molar-refractivity contribution in [3.63, 3.8) is 0 Å². The zero-order valence-corrected chi connectivity index (χ0v) is 15.7. The minimum Gasteiger partial charge on any atom is -0.488 e. The van der Waals surface area contributed by atoms with E-state index in [9.17, 15) is 14.9 Å². The van der Waals surface area contributed by atoms with Gasteiger partial charge in [0, 0.05) is 23.3 Å². The van der Waals surface area contributed by atoms with Crippen LogP contribution in [0.15, 0.2) is 89.6 Å². The van der Waals surface area contributed by atoms with Crippen molar-refractivity contribution in [1.29, 1.82) is 0 Å². The number of esters is 1. The highest BCUT2D eigenvalue weighted by Crippen LogP contribution is 2.26. The van der Waals surface area contributed by atoms with E-state index in [1.165, 1.54) is 18.2 Å². The molecular weight excluding hydrogens is 384 g/mol. The highest BCUT2D eigenvalue weighted by atomic mass is 16.6. The molecule has 1 aliphatic heterocycles. The minimum absolute atomic E-state index is 0.0256. The molecule has 3 aromatic rings. The number of para-hydroxylation sites is 1. The first kappa shape index (κ1) is 19.1. The van der Waals surface area contributed by atoms with Crippen LogP contribution in [0.4, 0.5) is 5.69 Å². The molecule has 1 heterocycles. The van der Waals surface area contributed by atoms with Gasteiger partial charge < -0.3 is 9.47 Å². The summed E-state index contributed by atoms with van der Waals surface area (Å²) in [6, 6.07) is 22.8. The Labute approximate surface area is 172 Å². The van der Waals surface area contributed by atoms with Crippen LogP contribution < -0.4 is 4.74 Å². The molecule has 0 atom stereocenters. The van der Waals surface area contributed by atoms with Crippen LogP contribution in [0.1, 0.15) is 16.7 Å². The van der Waals surface area contributed by atoms with Crippen molar-refractivity contribution in [2.75, 3.05) is 0 Å². The predicted molar refractivity (Wildman–Crippen MR) is 111 cm³/mol. The van der Waals surface area contributed by atoms with Crippen molar-refractivity contribution in [1.82, 2.24) is 0 Å². The lowest BCUT2D eigenvalue weighted by atomic mass is 10.1. The van der Waals surface area contributed by atoms with Gasteiger partial charge >= 0.3 is 5.97 Å². The van der Waals surface area contributed by atoms with Crippen LogP contribution in [0, 0.1) is 10.1 Å². The third kappa shape index (κ3) is 4.25. The summed E-state index contributed by atoms with van der Waals surface area (Å²) < 4.78 is 11.1. The highest BCUT2D eigenvalue weighted by molar-refractivity contribution is 6.13. The molecule has 0 fully saturated rings. The van der Waals surface area contributed by atoms with Crippen molar-refractivity contribution in [3.8, 4) is 5.75 Å². The molecule has 0 saturated heterocycles. The normalized spacial score (nSPS) is 14.3. The fraction of sp³-hybridized carbons (Fsp3) is 0.0435. The number of nitro benzene ring substituents is 1. The Hall–Kier alpha value is -4.26. The zero-order chi connectivity index (χ0) is 20.9. The molecule has 0 N–H and O–H groups in total. The van der Waals surface area contributed by atoms with Gasteiger partial charge in [0.05, 0.1) is 4.92 Å². The molecule has 7 heteroatoms. The molecule has 4 rings (SSSR count). The van der Waals surface area contributed by atoms with E-state index < -0.39 is 10.9 Å². The fourth-order valence-corrected chi connectivity index (χ4v) is 2.90. The van der Waals surface area contributed by atoms with Gasteiger partial charge in [0.15, 0.2) is 5.70 Å². The van der Waals surface area contributed by atoms with E-state index in [4.69, 9.17) is 9.47 Å². The second kappa shape index (κ2) is 8.40. The molecule has 1 aliphatic rings. The highest BCUT2D eigenvalue weighted by Gasteiger charge is 2.25. The lowest BCUT2D eigenvalue weighted by molar-refractivity contribution is -0.384. The van der Waals surface area contributed by atoms with E-state index >= 15 is 0 Å². The van der Waals surface area contributed by atoms with E-state index in [2.05, 4.69) is 4.99 Å². The molecular formula is C23H16N2O5. The molecule has 30 heavy (non-hydrogen) atoms. The van der Waals surface area contributed by atoms with E-state index in [1.54, 1.807) is 18.2 Å². The van der Waals surface area contributed by atoms with E-state index in [0.717, 1.165) is 5.56 Å². The lowest BCUT2D eigenvalue weighted by Gasteiger charge is -2.09. The van der Waals surface area contributed by atoms with Gasteiger partial charge in [-0.15, -0.1) is 0 Å². The van der Waals surface area contributed by atoms with Crippen LogP contribution in [0.25, 0.3) is 6.08 Å². The maximum atomic E-state index is 12.3. The summed E-state index contributed by atoms with van der Waals surface area (Å²) >= 11 is 0. The van der Waals surface area contributed by atoms with Gasteiger partial charge in [0.2, 0.25) is 5.90 Å². The second-order valence-corrected chi connectivity index (χ2v) is 6.46. The van der Waals surface area contributed by atoms with Gasteiger partial charge in [-0.3, -0.25) is 10.1 Å². The molecule has 3 aromatic carbocycles. The average Bonchev–Trinajstić information content (AvgIpc) is 3.14. The number of hydrogen-bond acceptors (Lipinski definition) is 6. The molecule has 148 valence electrons. The molecule has 0 aromatic heterocycles. The fourth-order valence-electron chi connectivity index (χ4n) is 2.90. The maximum absolute atomic E-state index is 12.3. The quantitative estimate of drug-likeness (QED) is 0.263. The average molecular weight is 400 g/mol. The second-order valence-electron chi connectivity index (χ2n) is 6.46. The van der Waals surface area contributed by atoms with Crippen LogP contribution in [0.5, 0.6) is 5.75 Å². The number of non-ortho nitro benzene ring substituents is 1. The van der Waals surface area contributed by atoms with Crippen molar-refractivity contribution >= 4 is 23.6 Å². The summed E-state index contributed by atoms with van der Waals surface area (Å²) in [5, 5.41) is 11.0. The maximum Gasteiger partial charge on any atom is 0.363 e. The Balaban J connectivity index is 1.59. The summed E-state index contributed by atoms with van der Waals surface area (Å²) in [4.78, 5) is 27.0. The van der Waals surface area contributed by atoms with Crippen molar-refractivity contribution in [3.05, 3.63) is 111 Å². The zero-order valence-electron chi connectivity index (χ0n) is 15.7. The van der Waals surface area contributed by atoms with Crippen LogP contribution in [0.3, 0.4) is 0 Å². The number of carbonyl (C=O) groups excluding carboxylic acids is 1. The monoisotopic (exact) mass is 400 g/mol. The molecule has 0 amide bonds. The Morgan fingerprint density at radius 2 is 1.77 bits per heavy atom. The Morgan fingerprint density at radius 1 is 1.00 bits per heavy atom. The van der Waals surface area contributed by atoms with Crippen LogP contribution in [-0.2, 0) is 16.1 Å². The van der Waals surface area contributed by atoms with Crippen molar-refractivity contribution < 1.29 is 19.2 Å². The van der Waals surface area contributed by atoms with Crippen molar-refractivity contribution in [2.24, 2.45) is 4.99 Å². The number of rotatable bonds is 6. The first-order chi connectivity index (χ1) is 14.6. The summed E-state index contributed by atoms with van der Waals surface area (Å²) in [6.45, 7) is 0.383. The Morgan fingerprint density at radius 3 is 2.57 bits per heavy atom. The van der Waals surface area contributed by atoms with E-state index in [-0.39, 0.29) is 17.3 Å². The minimum atomic E-state index is -0.630. The predicted octanol–water partition coefficient (Wildman–Crippen LogP) is 4.52. The Bertz CT molecular complexity index is 1170. The molecule has 0 radical (unpaired) electrons. The van der Waals surface area contributed by atoms with Gasteiger partial charge in [0.25, 0.3) is 5.69 Å². The molecule has 7 nitrogen and oxygen atoms in total. The summed E-state index contributed by atoms with van der Waals surface area (Å²) in [5.74, 6) is -0.00680. The summed E-state index contributed by atoms with van der Waals surface area (Å²) in [6.07, 6.45) is 1.58. The number of hydrogen-bond donors (Lipinski definition) is 0. The van der Waals surface area contributed by atoms with Crippen LogP contribution >= 0.6 is 0 Å². The summed E-state index contributed by atoms with van der Waals surface area (Å²) in [7, 11) is 0. The molecule has 0 spiro atoms. The molecule has 0 saturated carbocycles. The lowest BCUT2D eigenvalue weighted by Crippen LogP contribution is -2.05. The Kier molecular flexibility index (Phi) is 5.34. The van der Waals surface area contributed by atoms with Crippen LogP contribution in [-0.4, -0.2) is 16.8 Å². The molecule has 0 bridgehead atoms. The number of nitro groups is 1. The number of nitrogens with zero attached hydrogens (tertiary/aromatic N) is 2. The van der Waals surface area contributed by atoms with Gasteiger partial charge in [0.1, 0.15) is 12.4 Å². The third-order valence-electron chi connectivity index (χ3n) is 4.37. The van der Waals surface area contributed by atoms with E-state index in [1.807, 2.05) is 48.5 Å². The molecule has 0 aliphatic carbocycles. The number of carbonyl (C=O) groups is 1. The van der Waals surface area contributed by atoms with E-state index in [0.29, 0.717) is 23.5 Å².